The molecule has 1 unspecified atom stereocenters. The second-order valence-electron chi connectivity index (χ2n) is 6.22. The number of nitrogens with zero attached hydrogens (tertiary/aromatic N) is 3. The van der Waals surface area contributed by atoms with Crippen molar-refractivity contribution < 1.29 is 9.84 Å². The first-order valence-corrected chi connectivity index (χ1v) is 7.96. The van der Waals surface area contributed by atoms with Gasteiger partial charge in [0.05, 0.1) is 19.8 Å². The Balaban J connectivity index is 1.82. The molecule has 1 aromatic heterocycles. The van der Waals surface area contributed by atoms with Gasteiger partial charge in [0.1, 0.15) is 5.60 Å². The lowest BCUT2D eigenvalue weighted by Crippen LogP contribution is -2.56. The third-order valence-electron chi connectivity index (χ3n) is 4.16. The van der Waals surface area contributed by atoms with E-state index in [2.05, 4.69) is 27.0 Å². The summed E-state index contributed by atoms with van der Waals surface area (Å²) in [5.41, 5.74) is 2.46. The molecule has 0 radical (unpaired) electrons. The minimum absolute atomic E-state index is 0.0246. The Bertz CT molecular complexity index is 642. The highest BCUT2D eigenvalue weighted by atomic mass is 16.5. The van der Waals surface area contributed by atoms with Crippen molar-refractivity contribution in [3.8, 4) is 0 Å². The van der Waals surface area contributed by atoms with Crippen LogP contribution in [0.2, 0.25) is 0 Å². The molecule has 1 aromatic carbocycles. The molecular weight excluding hydrogens is 290 g/mol. The molecule has 0 bridgehead atoms. The van der Waals surface area contributed by atoms with Crippen molar-refractivity contribution in [1.82, 2.24) is 9.97 Å². The number of aryl methyl sites for hydroxylation is 2. The Morgan fingerprint density at radius 1 is 1.17 bits per heavy atom. The molecule has 1 atom stereocenters. The van der Waals surface area contributed by atoms with E-state index >= 15 is 0 Å². The number of hydrogen-bond donors (Lipinski definition) is 1. The fourth-order valence-corrected chi connectivity index (χ4v) is 3.09. The zero-order chi connectivity index (χ0) is 16.3. The van der Waals surface area contributed by atoms with Crippen LogP contribution in [0.1, 0.15) is 17.0 Å². The van der Waals surface area contributed by atoms with E-state index in [9.17, 15) is 5.11 Å². The lowest BCUT2D eigenvalue weighted by atomic mass is 9.93. The van der Waals surface area contributed by atoms with Crippen molar-refractivity contribution in [1.29, 1.82) is 0 Å². The van der Waals surface area contributed by atoms with Crippen LogP contribution in [0.15, 0.2) is 36.4 Å². The molecule has 1 aliphatic heterocycles. The maximum absolute atomic E-state index is 9.98. The molecular formula is C18H23N3O2. The maximum atomic E-state index is 9.98. The lowest BCUT2D eigenvalue weighted by molar-refractivity contribution is -0.0871. The van der Waals surface area contributed by atoms with Gasteiger partial charge in [-0.05, 0) is 25.5 Å². The molecule has 2 heterocycles. The van der Waals surface area contributed by atoms with Crippen LogP contribution < -0.4 is 4.90 Å². The summed E-state index contributed by atoms with van der Waals surface area (Å²) < 4.78 is 5.98. The molecule has 5 nitrogen and oxygen atoms in total. The lowest BCUT2D eigenvalue weighted by Gasteiger charge is -2.42. The van der Waals surface area contributed by atoms with Gasteiger partial charge in [-0.2, -0.15) is 0 Å². The molecule has 1 N–H and O–H groups in total. The number of hydrogen-bond acceptors (Lipinski definition) is 5. The average molecular weight is 313 g/mol. The molecule has 5 heteroatoms. The van der Waals surface area contributed by atoms with E-state index in [4.69, 9.17) is 4.74 Å². The molecule has 0 aliphatic carbocycles. The minimum Gasteiger partial charge on any atom is -0.393 e. The van der Waals surface area contributed by atoms with Crippen molar-refractivity contribution in [3.05, 3.63) is 53.3 Å². The first-order valence-electron chi connectivity index (χ1n) is 7.96. The molecule has 23 heavy (non-hydrogen) atoms. The molecule has 0 amide bonds. The van der Waals surface area contributed by atoms with E-state index in [1.165, 1.54) is 0 Å². The Morgan fingerprint density at radius 2 is 1.87 bits per heavy atom. The summed E-state index contributed by atoms with van der Waals surface area (Å²) in [5.74, 6) is 0.719. The third-order valence-corrected chi connectivity index (χ3v) is 4.16. The van der Waals surface area contributed by atoms with Crippen molar-refractivity contribution in [2.75, 3.05) is 31.2 Å². The number of aromatic nitrogens is 2. The van der Waals surface area contributed by atoms with Gasteiger partial charge in [0, 0.05) is 24.4 Å². The molecule has 2 aromatic rings. The summed E-state index contributed by atoms with van der Waals surface area (Å²) in [5, 5.41) is 9.98. The van der Waals surface area contributed by atoms with Crippen molar-refractivity contribution in [2.45, 2.75) is 25.9 Å². The fourth-order valence-electron chi connectivity index (χ4n) is 3.09. The number of rotatable bonds is 4. The number of morpholine rings is 1. The van der Waals surface area contributed by atoms with Crippen molar-refractivity contribution >= 4 is 5.95 Å². The van der Waals surface area contributed by atoms with Crippen LogP contribution >= 0.6 is 0 Å². The highest BCUT2D eigenvalue weighted by Crippen LogP contribution is 2.25. The molecule has 1 fully saturated rings. The van der Waals surface area contributed by atoms with Gasteiger partial charge in [-0.1, -0.05) is 30.3 Å². The third kappa shape index (κ3) is 3.68. The fraction of sp³-hybridized carbons (Fsp3) is 0.444. The summed E-state index contributed by atoms with van der Waals surface area (Å²) in [6.45, 7) is 5.80. The van der Waals surface area contributed by atoms with Crippen LogP contribution in [0.5, 0.6) is 0 Å². The topological polar surface area (TPSA) is 58.5 Å². The molecule has 122 valence electrons. The van der Waals surface area contributed by atoms with Crippen LogP contribution in [0.4, 0.5) is 5.95 Å². The van der Waals surface area contributed by atoms with Crippen molar-refractivity contribution in [2.24, 2.45) is 0 Å². The van der Waals surface area contributed by atoms with Gasteiger partial charge in [-0.3, -0.25) is 0 Å². The van der Waals surface area contributed by atoms with Gasteiger partial charge in [0.15, 0.2) is 0 Å². The number of ether oxygens (including phenoxy) is 1. The Hall–Kier alpha value is -1.98. The van der Waals surface area contributed by atoms with E-state index in [1.807, 2.05) is 38.1 Å². The van der Waals surface area contributed by atoms with Gasteiger partial charge >= 0.3 is 0 Å². The van der Waals surface area contributed by atoms with Crippen LogP contribution in [0, 0.1) is 13.8 Å². The molecule has 3 rings (SSSR count). The number of anilines is 1. The summed E-state index contributed by atoms with van der Waals surface area (Å²) in [4.78, 5) is 11.2. The molecule has 1 aliphatic rings. The molecule has 0 saturated carbocycles. The van der Waals surface area contributed by atoms with Crippen LogP contribution in [0.3, 0.4) is 0 Å². The highest BCUT2D eigenvalue weighted by Gasteiger charge is 2.37. The van der Waals surface area contributed by atoms with Crippen LogP contribution in [-0.2, 0) is 11.2 Å². The van der Waals surface area contributed by atoms with Gasteiger partial charge < -0.3 is 14.7 Å². The summed E-state index contributed by atoms with van der Waals surface area (Å²) in [7, 11) is 0. The molecule has 1 saturated heterocycles. The predicted octanol–water partition coefficient (Wildman–Crippen LogP) is 1.90. The molecule has 0 spiro atoms. The quantitative estimate of drug-likeness (QED) is 0.934. The van der Waals surface area contributed by atoms with Crippen molar-refractivity contribution in [3.63, 3.8) is 0 Å². The maximum Gasteiger partial charge on any atom is 0.225 e. The predicted molar refractivity (Wildman–Crippen MR) is 89.6 cm³/mol. The zero-order valence-corrected chi connectivity index (χ0v) is 13.7. The largest absolute Gasteiger partial charge is 0.393 e. The monoisotopic (exact) mass is 313 g/mol. The van der Waals surface area contributed by atoms with Crippen LogP contribution in [-0.4, -0.2) is 47.0 Å². The summed E-state index contributed by atoms with van der Waals surface area (Å²) in [6.07, 6.45) is 0.672. The van der Waals surface area contributed by atoms with Gasteiger partial charge in [-0.25, -0.2) is 9.97 Å². The van der Waals surface area contributed by atoms with E-state index in [0.717, 1.165) is 29.4 Å². The van der Waals surface area contributed by atoms with Gasteiger partial charge in [0.25, 0.3) is 0 Å². The van der Waals surface area contributed by atoms with E-state index in [1.54, 1.807) is 0 Å². The number of benzene rings is 1. The van der Waals surface area contributed by atoms with Gasteiger partial charge in [-0.15, -0.1) is 0 Å². The Kier molecular flexibility index (Phi) is 4.59. The van der Waals surface area contributed by atoms with Gasteiger partial charge in [0.2, 0.25) is 5.95 Å². The Labute approximate surface area is 137 Å². The second-order valence-corrected chi connectivity index (χ2v) is 6.22. The smallest absolute Gasteiger partial charge is 0.225 e. The first-order chi connectivity index (χ1) is 11.1. The second kappa shape index (κ2) is 6.64. The number of aliphatic hydroxyl groups is 1. The SMILES string of the molecule is Cc1cc(C)nc(N2CCOC(CO)(Cc3ccccc3)C2)n1. The van der Waals surface area contributed by atoms with E-state index in [-0.39, 0.29) is 6.61 Å². The standard InChI is InChI=1S/C18H23N3O2/c1-14-10-15(2)20-17(19-14)21-8-9-23-18(12-21,13-22)11-16-6-4-3-5-7-16/h3-7,10,22H,8-9,11-13H2,1-2H3. The number of aliphatic hydroxyl groups excluding tert-OH is 1. The normalized spacial score (nSPS) is 21.4. The van der Waals surface area contributed by atoms with E-state index in [0.29, 0.717) is 19.6 Å². The minimum atomic E-state index is -0.611. The van der Waals surface area contributed by atoms with E-state index < -0.39 is 5.60 Å². The van der Waals surface area contributed by atoms with Crippen LogP contribution in [0.25, 0.3) is 0 Å². The first kappa shape index (κ1) is 15.9. The summed E-state index contributed by atoms with van der Waals surface area (Å²) >= 11 is 0. The highest BCUT2D eigenvalue weighted by molar-refractivity contribution is 5.34. The zero-order valence-electron chi connectivity index (χ0n) is 13.7. The summed E-state index contributed by atoms with van der Waals surface area (Å²) in [6, 6.07) is 12.1. The Morgan fingerprint density at radius 3 is 2.52 bits per heavy atom. The average Bonchev–Trinajstić information content (AvgIpc) is 2.55.